The number of ketones is 1. The molecule has 1 N–H and O–H groups in total. The van der Waals surface area contributed by atoms with Gasteiger partial charge in [0.05, 0.1) is 26.5 Å². The van der Waals surface area contributed by atoms with Gasteiger partial charge < -0.3 is 9.72 Å². The Bertz CT molecular complexity index is 584. The number of aromatic nitrogens is 1. The number of carbonyl (C=O) groups is 2. The zero-order chi connectivity index (χ0) is 11.9. The van der Waals surface area contributed by atoms with Crippen molar-refractivity contribution in [3.05, 3.63) is 20.2 Å². The van der Waals surface area contributed by atoms with Crippen LogP contribution in [-0.2, 0) is 4.74 Å². The first-order valence-corrected chi connectivity index (χ1v) is 6.40. The molecule has 0 aliphatic rings. The Hall–Kier alpha value is -0.890. The Labute approximate surface area is 109 Å². The smallest absolute Gasteiger partial charge is 0.355 e. The third-order valence-corrected chi connectivity index (χ3v) is 4.67. The van der Waals surface area contributed by atoms with Gasteiger partial charge in [0, 0.05) is 5.38 Å². The van der Waals surface area contributed by atoms with Crippen molar-refractivity contribution < 1.29 is 14.3 Å². The molecule has 0 spiro atoms. The van der Waals surface area contributed by atoms with Gasteiger partial charge in [0.25, 0.3) is 0 Å². The second-order valence-electron chi connectivity index (χ2n) is 3.22. The number of hydrogen-bond donors (Lipinski definition) is 1. The number of rotatable bonds is 2. The average Bonchev–Trinajstić information content (AvgIpc) is 2.78. The van der Waals surface area contributed by atoms with E-state index in [0.29, 0.717) is 11.3 Å². The fourth-order valence-electron chi connectivity index (χ4n) is 1.44. The minimum atomic E-state index is -0.415. The Morgan fingerprint density at radius 2 is 2.19 bits per heavy atom. The lowest BCUT2D eigenvalue weighted by molar-refractivity contribution is 0.0593. The fourth-order valence-corrected chi connectivity index (χ4v) is 3.45. The molecule has 16 heavy (non-hydrogen) atoms. The lowest BCUT2D eigenvalue weighted by atomic mass is 10.2. The van der Waals surface area contributed by atoms with Gasteiger partial charge >= 0.3 is 5.97 Å². The van der Waals surface area contributed by atoms with Crippen LogP contribution in [-0.4, -0.2) is 23.8 Å². The molecule has 0 fully saturated rings. The van der Waals surface area contributed by atoms with E-state index in [0.717, 1.165) is 13.8 Å². The maximum absolute atomic E-state index is 11.4. The standard InChI is InChI=1S/C10H8INO3S/c1-4(13)5-3-16-9-6(11)8(10(14)15-2)12-7(5)9/h3,12H,1-2H3. The summed E-state index contributed by atoms with van der Waals surface area (Å²) in [5, 5.41) is 1.80. The van der Waals surface area contributed by atoms with Gasteiger partial charge in [0.2, 0.25) is 0 Å². The molecular formula is C10H8INO3S. The zero-order valence-corrected chi connectivity index (χ0v) is 11.6. The Morgan fingerprint density at radius 3 is 2.75 bits per heavy atom. The van der Waals surface area contributed by atoms with Crippen molar-refractivity contribution >= 4 is 55.9 Å². The number of halogens is 1. The van der Waals surface area contributed by atoms with Crippen LogP contribution >= 0.6 is 33.9 Å². The largest absolute Gasteiger partial charge is 0.464 e. The summed E-state index contributed by atoms with van der Waals surface area (Å²) in [6.07, 6.45) is 0. The summed E-state index contributed by atoms with van der Waals surface area (Å²) in [7, 11) is 1.33. The van der Waals surface area contributed by atoms with E-state index in [1.807, 2.05) is 0 Å². The third kappa shape index (κ3) is 1.65. The van der Waals surface area contributed by atoms with E-state index >= 15 is 0 Å². The molecule has 0 bridgehead atoms. The first-order valence-electron chi connectivity index (χ1n) is 4.44. The average molecular weight is 349 g/mol. The molecule has 2 rings (SSSR count). The van der Waals surface area contributed by atoms with Crippen LogP contribution in [0.3, 0.4) is 0 Å². The molecule has 0 aliphatic carbocycles. The molecule has 0 aliphatic heterocycles. The summed E-state index contributed by atoms with van der Waals surface area (Å²) in [6, 6.07) is 0. The molecule has 0 radical (unpaired) electrons. The molecule has 84 valence electrons. The quantitative estimate of drug-likeness (QED) is 0.515. The van der Waals surface area contributed by atoms with Crippen LogP contribution in [0.25, 0.3) is 10.2 Å². The lowest BCUT2D eigenvalue weighted by Gasteiger charge is -1.95. The van der Waals surface area contributed by atoms with Crippen molar-refractivity contribution in [1.29, 1.82) is 0 Å². The number of hydrogen-bond acceptors (Lipinski definition) is 4. The highest BCUT2D eigenvalue weighted by Crippen LogP contribution is 2.32. The maximum atomic E-state index is 11.4. The second-order valence-corrected chi connectivity index (χ2v) is 5.17. The van der Waals surface area contributed by atoms with E-state index < -0.39 is 5.97 Å². The van der Waals surface area contributed by atoms with Crippen molar-refractivity contribution in [3.63, 3.8) is 0 Å². The predicted molar refractivity (Wildman–Crippen MR) is 70.2 cm³/mol. The minimum absolute atomic E-state index is 0.0136. The molecule has 4 nitrogen and oxygen atoms in total. The fraction of sp³-hybridized carbons (Fsp3) is 0.200. The summed E-state index contributed by atoms with van der Waals surface area (Å²) in [6.45, 7) is 1.51. The predicted octanol–water partition coefficient (Wildman–Crippen LogP) is 2.82. The molecular weight excluding hydrogens is 341 g/mol. The number of thiophene rings is 1. The molecule has 0 saturated heterocycles. The molecule has 0 amide bonds. The molecule has 0 unspecified atom stereocenters. The van der Waals surface area contributed by atoms with E-state index in [2.05, 4.69) is 32.3 Å². The van der Waals surface area contributed by atoms with Gasteiger partial charge in [-0.15, -0.1) is 11.3 Å². The Kier molecular flexibility index (Phi) is 3.02. The Morgan fingerprint density at radius 1 is 1.50 bits per heavy atom. The van der Waals surface area contributed by atoms with Crippen LogP contribution in [0.5, 0.6) is 0 Å². The molecule has 2 aromatic heterocycles. The van der Waals surface area contributed by atoms with Crippen molar-refractivity contribution in [1.82, 2.24) is 4.98 Å². The van der Waals surface area contributed by atoms with Gasteiger partial charge in [0.15, 0.2) is 5.78 Å². The number of ether oxygens (including phenoxy) is 1. The molecule has 0 saturated carbocycles. The van der Waals surface area contributed by atoms with E-state index in [-0.39, 0.29) is 5.78 Å². The number of Topliss-reactive ketones (excluding diaryl/α,β-unsaturated/α-hetero) is 1. The summed E-state index contributed by atoms with van der Waals surface area (Å²) < 4.78 is 6.39. The number of nitrogens with one attached hydrogen (secondary N) is 1. The molecule has 0 atom stereocenters. The topological polar surface area (TPSA) is 59.2 Å². The van der Waals surface area contributed by atoms with Crippen molar-refractivity contribution in [2.75, 3.05) is 7.11 Å². The summed E-state index contributed by atoms with van der Waals surface area (Å²) in [4.78, 5) is 25.7. The van der Waals surface area contributed by atoms with E-state index in [4.69, 9.17) is 0 Å². The zero-order valence-electron chi connectivity index (χ0n) is 8.59. The highest BCUT2D eigenvalue weighted by molar-refractivity contribution is 14.1. The van der Waals surface area contributed by atoms with E-state index in [1.165, 1.54) is 25.4 Å². The number of methoxy groups -OCH3 is 1. The summed E-state index contributed by atoms with van der Waals surface area (Å²) >= 11 is 3.53. The van der Waals surface area contributed by atoms with Crippen molar-refractivity contribution in [2.45, 2.75) is 6.92 Å². The van der Waals surface area contributed by atoms with E-state index in [1.54, 1.807) is 5.38 Å². The normalized spacial score (nSPS) is 10.7. The van der Waals surface area contributed by atoms with Crippen LogP contribution in [0.15, 0.2) is 5.38 Å². The summed E-state index contributed by atoms with van der Waals surface area (Å²) in [5.41, 5.74) is 1.75. The monoisotopic (exact) mass is 349 g/mol. The minimum Gasteiger partial charge on any atom is -0.464 e. The van der Waals surface area contributed by atoms with Crippen molar-refractivity contribution in [3.8, 4) is 0 Å². The van der Waals surface area contributed by atoms with Crippen LogP contribution in [0.2, 0.25) is 0 Å². The second kappa shape index (κ2) is 4.17. The first kappa shape index (κ1) is 11.6. The SMILES string of the molecule is COC(=O)c1[nH]c2c(C(C)=O)csc2c1I. The van der Waals surface area contributed by atoms with Crippen LogP contribution in [0.1, 0.15) is 27.8 Å². The number of carbonyl (C=O) groups excluding carboxylic acids is 2. The van der Waals surface area contributed by atoms with Crippen LogP contribution in [0, 0.1) is 3.57 Å². The molecule has 2 heterocycles. The van der Waals surface area contributed by atoms with Crippen LogP contribution < -0.4 is 0 Å². The van der Waals surface area contributed by atoms with E-state index in [9.17, 15) is 9.59 Å². The first-order chi connectivity index (χ1) is 7.56. The Balaban J connectivity index is 2.69. The number of H-pyrrole nitrogens is 1. The van der Waals surface area contributed by atoms with Crippen LogP contribution in [0.4, 0.5) is 0 Å². The molecule has 6 heteroatoms. The van der Waals surface area contributed by atoms with Crippen molar-refractivity contribution in [2.24, 2.45) is 0 Å². The van der Waals surface area contributed by atoms with Gasteiger partial charge in [0.1, 0.15) is 5.69 Å². The maximum Gasteiger partial charge on any atom is 0.355 e. The van der Waals surface area contributed by atoms with Gasteiger partial charge in [-0.1, -0.05) is 0 Å². The third-order valence-electron chi connectivity index (χ3n) is 2.23. The lowest BCUT2D eigenvalue weighted by Crippen LogP contribution is -2.03. The van der Waals surface area contributed by atoms with Gasteiger partial charge in [-0.25, -0.2) is 4.79 Å². The van der Waals surface area contributed by atoms with Gasteiger partial charge in [-0.2, -0.15) is 0 Å². The molecule has 0 aromatic carbocycles. The summed E-state index contributed by atoms with van der Waals surface area (Å²) in [5.74, 6) is -0.428. The number of fused-ring (bicyclic) bond motifs is 1. The molecule has 2 aromatic rings. The highest BCUT2D eigenvalue weighted by Gasteiger charge is 2.20. The van der Waals surface area contributed by atoms with Gasteiger partial charge in [-0.3, -0.25) is 4.79 Å². The van der Waals surface area contributed by atoms with Gasteiger partial charge in [-0.05, 0) is 29.5 Å². The number of aromatic amines is 1. The highest BCUT2D eigenvalue weighted by atomic mass is 127. The number of esters is 1.